The van der Waals surface area contributed by atoms with Crippen LogP contribution in [0.15, 0.2) is 161 Å². The first kappa shape index (κ1) is 29.6. The fourth-order valence-corrected chi connectivity index (χ4v) is 9.33. The van der Waals surface area contributed by atoms with Crippen LogP contribution in [0.3, 0.4) is 0 Å². The monoisotopic (exact) mass is 671 g/mol. The van der Waals surface area contributed by atoms with Gasteiger partial charge in [0.2, 0.25) is 0 Å². The topological polar surface area (TPSA) is 25.6 Å². The van der Waals surface area contributed by atoms with Crippen molar-refractivity contribution in [2.45, 2.75) is 44.6 Å². The van der Waals surface area contributed by atoms with Gasteiger partial charge in [0.25, 0.3) is 0 Å². The van der Waals surface area contributed by atoms with E-state index >= 15 is 0 Å². The van der Waals surface area contributed by atoms with Gasteiger partial charge in [-0.1, -0.05) is 111 Å². The lowest BCUT2D eigenvalue weighted by Gasteiger charge is -2.33. The Labute approximate surface area is 303 Å². The Morgan fingerprint density at radius 3 is 2.44 bits per heavy atom. The van der Waals surface area contributed by atoms with E-state index in [1.54, 1.807) is 0 Å². The second kappa shape index (κ2) is 11.0. The van der Waals surface area contributed by atoms with E-state index in [0.717, 1.165) is 52.9 Å². The van der Waals surface area contributed by atoms with E-state index in [9.17, 15) is 0 Å². The van der Waals surface area contributed by atoms with Crippen LogP contribution in [0.25, 0.3) is 55.0 Å². The van der Waals surface area contributed by atoms with Crippen LogP contribution in [0.1, 0.15) is 49.8 Å². The number of anilines is 2. The van der Waals surface area contributed by atoms with Gasteiger partial charge in [0.05, 0.1) is 0 Å². The highest BCUT2D eigenvalue weighted by Gasteiger charge is 2.41. The van der Waals surface area contributed by atoms with Gasteiger partial charge in [-0.25, -0.2) is 0 Å². The first-order valence-electron chi connectivity index (χ1n) is 18.5. The lowest BCUT2D eigenvalue weighted by molar-refractivity contribution is 0.279. The molecule has 3 heteroatoms. The molecule has 52 heavy (non-hydrogen) atoms. The molecule has 7 aromatic rings. The zero-order valence-corrected chi connectivity index (χ0v) is 29.3. The first-order valence-corrected chi connectivity index (χ1v) is 18.5. The molecule has 0 spiro atoms. The van der Waals surface area contributed by atoms with Crippen molar-refractivity contribution in [3.05, 3.63) is 174 Å². The van der Waals surface area contributed by atoms with E-state index in [0.29, 0.717) is 0 Å². The van der Waals surface area contributed by atoms with Crippen molar-refractivity contribution in [2.75, 3.05) is 4.90 Å². The molecule has 0 fully saturated rings. The van der Waals surface area contributed by atoms with Gasteiger partial charge in [-0.2, -0.15) is 0 Å². The molecule has 0 amide bonds. The van der Waals surface area contributed by atoms with Crippen molar-refractivity contribution in [3.63, 3.8) is 0 Å². The second-order valence-corrected chi connectivity index (χ2v) is 15.1. The quantitative estimate of drug-likeness (QED) is 0.186. The highest BCUT2D eigenvalue weighted by Crippen LogP contribution is 2.55. The Morgan fingerprint density at radius 2 is 1.52 bits per heavy atom. The zero-order chi connectivity index (χ0) is 34.6. The van der Waals surface area contributed by atoms with Gasteiger partial charge >= 0.3 is 0 Å². The van der Waals surface area contributed by atoms with Crippen LogP contribution in [0.5, 0.6) is 5.75 Å². The van der Waals surface area contributed by atoms with Crippen LogP contribution >= 0.6 is 0 Å². The Balaban J connectivity index is 1.07. The summed E-state index contributed by atoms with van der Waals surface area (Å²) in [4.78, 5) is 2.53. The summed E-state index contributed by atoms with van der Waals surface area (Å²) < 4.78 is 12.7. The molecule has 1 aromatic heterocycles. The van der Waals surface area contributed by atoms with E-state index in [2.05, 4.69) is 158 Å². The Hall–Kier alpha value is -6.06. The van der Waals surface area contributed by atoms with Gasteiger partial charge in [-0.3, -0.25) is 0 Å². The van der Waals surface area contributed by atoms with Crippen molar-refractivity contribution in [1.82, 2.24) is 0 Å². The van der Waals surface area contributed by atoms with E-state index in [4.69, 9.17) is 9.15 Å². The second-order valence-electron chi connectivity index (χ2n) is 15.1. The van der Waals surface area contributed by atoms with Gasteiger partial charge in [0.15, 0.2) is 0 Å². The fraction of sp³-hybridized carbons (Fsp3) is 0.143. The summed E-state index contributed by atoms with van der Waals surface area (Å²) in [5.41, 5.74) is 15.9. The largest absolute Gasteiger partial charge is 0.485 e. The molecule has 6 aromatic carbocycles. The first-order chi connectivity index (χ1) is 25.5. The molecule has 0 saturated heterocycles. The molecular formula is C49H37NO2. The number of hydrogen-bond acceptors (Lipinski definition) is 3. The molecule has 0 bridgehead atoms. The molecule has 3 nitrogen and oxygen atoms in total. The maximum atomic E-state index is 6.42. The molecule has 0 saturated carbocycles. The van der Waals surface area contributed by atoms with E-state index < -0.39 is 0 Å². The minimum absolute atomic E-state index is 0.0484. The van der Waals surface area contributed by atoms with Gasteiger partial charge in [0, 0.05) is 56.4 Å². The molecule has 3 aliphatic carbocycles. The number of hydrogen-bond donors (Lipinski definition) is 0. The third-order valence-electron chi connectivity index (χ3n) is 11.8. The van der Waals surface area contributed by atoms with Crippen molar-refractivity contribution >= 4 is 55.2 Å². The maximum absolute atomic E-state index is 6.42. The van der Waals surface area contributed by atoms with Crippen molar-refractivity contribution in [1.29, 1.82) is 0 Å². The molecule has 0 N–H and O–H groups in total. The number of allylic oxidation sites excluding steroid dienone is 6. The van der Waals surface area contributed by atoms with E-state index in [1.807, 2.05) is 6.07 Å². The van der Waals surface area contributed by atoms with Gasteiger partial charge in [0.1, 0.15) is 23.0 Å². The SMILES string of the molecule is CC1(C)C2=CCCC(N(c3ccc(-c4ccc5ccc6oc7ccccc7c6c5c4)cc3)c3ccc4c(c3)C3=CC=CCC3O4)=C2c2ccccc21. The number of benzene rings is 6. The maximum Gasteiger partial charge on any atom is 0.136 e. The standard InChI is InChI=1S/C49H37NO2/c1-49(2)40-13-6-3-11-36(40)48-41(49)14-9-15-42(48)50(34-25-27-45-39(29-34)35-10-4-7-16-43(35)51-45)33-23-20-30(21-24-33)32-19-18-31-22-26-46-47(38(31)28-32)37-12-5-8-17-44(37)52-46/h3-8,10-14,17-29,43H,9,15-16H2,1-2H3. The summed E-state index contributed by atoms with van der Waals surface area (Å²) in [6.07, 6.45) is 12.1. The van der Waals surface area contributed by atoms with Crippen LogP contribution in [-0.4, -0.2) is 6.10 Å². The zero-order valence-electron chi connectivity index (χ0n) is 29.3. The third-order valence-corrected chi connectivity index (χ3v) is 11.8. The van der Waals surface area contributed by atoms with Gasteiger partial charge < -0.3 is 14.1 Å². The number of nitrogens with zero attached hydrogens (tertiary/aromatic N) is 1. The summed E-state index contributed by atoms with van der Waals surface area (Å²) in [7, 11) is 0. The molecule has 0 radical (unpaired) electrons. The molecular weight excluding hydrogens is 635 g/mol. The number of fused-ring (bicyclic) bond motifs is 11. The number of furan rings is 1. The minimum atomic E-state index is -0.0484. The van der Waals surface area contributed by atoms with Crippen LogP contribution in [0.4, 0.5) is 11.4 Å². The molecule has 2 heterocycles. The average Bonchev–Trinajstić information content (AvgIpc) is 3.83. The lowest BCUT2D eigenvalue weighted by Crippen LogP contribution is -2.22. The van der Waals surface area contributed by atoms with Crippen molar-refractivity contribution < 1.29 is 9.15 Å². The van der Waals surface area contributed by atoms with Crippen LogP contribution in [-0.2, 0) is 5.41 Å². The summed E-state index contributed by atoms with van der Waals surface area (Å²) >= 11 is 0. The molecule has 1 atom stereocenters. The Bertz CT molecular complexity index is 2770. The predicted octanol–water partition coefficient (Wildman–Crippen LogP) is 13.1. The third kappa shape index (κ3) is 4.26. The summed E-state index contributed by atoms with van der Waals surface area (Å²) in [6.45, 7) is 4.76. The number of ether oxygens (including phenoxy) is 1. The van der Waals surface area contributed by atoms with Gasteiger partial charge in [-0.05, 0) is 100.0 Å². The van der Waals surface area contributed by atoms with Crippen LogP contribution in [0.2, 0.25) is 0 Å². The van der Waals surface area contributed by atoms with Crippen LogP contribution in [0, 0.1) is 0 Å². The fourth-order valence-electron chi connectivity index (χ4n) is 9.33. The number of rotatable bonds is 4. The van der Waals surface area contributed by atoms with Crippen LogP contribution < -0.4 is 9.64 Å². The summed E-state index contributed by atoms with van der Waals surface area (Å²) in [5, 5.41) is 4.77. The average molecular weight is 672 g/mol. The highest BCUT2D eigenvalue weighted by atomic mass is 16.5. The Morgan fingerprint density at radius 1 is 0.712 bits per heavy atom. The Kier molecular flexibility index (Phi) is 6.25. The van der Waals surface area contributed by atoms with E-state index in [1.165, 1.54) is 66.4 Å². The molecule has 11 rings (SSSR count). The predicted molar refractivity (Wildman–Crippen MR) is 215 cm³/mol. The minimum Gasteiger partial charge on any atom is -0.485 e. The lowest BCUT2D eigenvalue weighted by atomic mass is 9.79. The molecule has 1 unspecified atom stereocenters. The molecule has 1 aliphatic heterocycles. The van der Waals surface area contributed by atoms with E-state index in [-0.39, 0.29) is 11.5 Å². The molecule has 250 valence electrons. The van der Waals surface area contributed by atoms with Crippen molar-refractivity contribution in [3.8, 4) is 16.9 Å². The number of para-hydroxylation sites is 1. The normalized spacial score (nSPS) is 18.2. The highest BCUT2D eigenvalue weighted by molar-refractivity contribution is 6.19. The summed E-state index contributed by atoms with van der Waals surface area (Å²) in [5.74, 6) is 0.976. The smallest absolute Gasteiger partial charge is 0.136 e. The molecule has 4 aliphatic rings. The summed E-state index contributed by atoms with van der Waals surface area (Å²) in [6, 6.07) is 44.4. The van der Waals surface area contributed by atoms with Crippen molar-refractivity contribution in [2.24, 2.45) is 0 Å². The van der Waals surface area contributed by atoms with Gasteiger partial charge in [-0.15, -0.1) is 0 Å².